The van der Waals surface area contributed by atoms with Crippen LogP contribution in [0.4, 0.5) is 4.79 Å². The number of aromatic nitrogens is 2. The van der Waals surface area contributed by atoms with Gasteiger partial charge in [-0.2, -0.15) is 0 Å². The van der Waals surface area contributed by atoms with Crippen LogP contribution >= 0.6 is 0 Å². The molecular formula is C32H40N4O3. The van der Waals surface area contributed by atoms with E-state index in [1.165, 1.54) is 60.1 Å². The van der Waals surface area contributed by atoms with Crippen molar-refractivity contribution in [1.82, 2.24) is 20.2 Å². The summed E-state index contributed by atoms with van der Waals surface area (Å²) >= 11 is 0. The first kappa shape index (κ1) is 27.0. The van der Waals surface area contributed by atoms with Crippen molar-refractivity contribution in [2.45, 2.75) is 76.8 Å². The SMILES string of the molecule is CC(C)[C@@H](NC(=O)O)C(=O)N(C)[C@@H](C)c1ncc(-c2ccc(-c3ccc(C45CCC(CC4)CC5)cc3)cc2)[nH]1. The van der Waals surface area contributed by atoms with Crippen LogP contribution in [0.1, 0.15) is 76.7 Å². The lowest BCUT2D eigenvalue weighted by atomic mass is 9.58. The Morgan fingerprint density at radius 1 is 0.949 bits per heavy atom. The summed E-state index contributed by atoms with van der Waals surface area (Å²) in [5.41, 5.74) is 6.21. The lowest BCUT2D eigenvalue weighted by molar-refractivity contribution is -0.135. The van der Waals surface area contributed by atoms with E-state index < -0.39 is 12.1 Å². The normalized spacial score (nSPS) is 21.9. The number of nitrogens with one attached hydrogen (secondary N) is 2. The Morgan fingerprint density at radius 3 is 2.03 bits per heavy atom. The molecule has 0 unspecified atom stereocenters. The van der Waals surface area contributed by atoms with Crippen LogP contribution in [0.3, 0.4) is 0 Å². The topological polar surface area (TPSA) is 98.3 Å². The van der Waals surface area contributed by atoms with Crippen LogP contribution in [0.2, 0.25) is 0 Å². The maximum atomic E-state index is 13.0. The van der Waals surface area contributed by atoms with E-state index in [1.54, 1.807) is 13.2 Å². The number of fused-ring (bicyclic) bond motifs is 3. The van der Waals surface area contributed by atoms with E-state index >= 15 is 0 Å². The second kappa shape index (κ2) is 10.9. The van der Waals surface area contributed by atoms with E-state index in [2.05, 4.69) is 63.8 Å². The first-order valence-corrected chi connectivity index (χ1v) is 14.2. The molecule has 39 heavy (non-hydrogen) atoms. The fourth-order valence-electron chi connectivity index (χ4n) is 6.48. The molecule has 206 valence electrons. The number of aromatic amines is 1. The van der Waals surface area contributed by atoms with Crippen LogP contribution in [0.15, 0.2) is 54.7 Å². The Labute approximate surface area is 231 Å². The average molecular weight is 529 g/mol. The highest BCUT2D eigenvalue weighted by molar-refractivity contribution is 5.85. The van der Waals surface area contributed by atoms with E-state index in [0.717, 1.165) is 17.2 Å². The Morgan fingerprint density at radius 2 is 1.49 bits per heavy atom. The number of likely N-dealkylation sites (N-methyl/N-ethyl adjacent to an activating group) is 1. The predicted molar refractivity (Wildman–Crippen MR) is 153 cm³/mol. The Bertz CT molecular complexity index is 1290. The van der Waals surface area contributed by atoms with Crippen molar-refractivity contribution in [2.75, 3.05) is 7.05 Å². The molecule has 0 aliphatic heterocycles. The van der Waals surface area contributed by atoms with Gasteiger partial charge in [0.15, 0.2) is 0 Å². The van der Waals surface area contributed by atoms with Crippen molar-refractivity contribution in [3.63, 3.8) is 0 Å². The predicted octanol–water partition coefficient (Wildman–Crippen LogP) is 6.78. The van der Waals surface area contributed by atoms with Gasteiger partial charge in [-0.05, 0) is 85.0 Å². The molecule has 3 N–H and O–H groups in total. The third-order valence-electron chi connectivity index (χ3n) is 9.25. The van der Waals surface area contributed by atoms with Gasteiger partial charge in [0.05, 0.1) is 17.9 Å². The molecule has 7 nitrogen and oxygen atoms in total. The lowest BCUT2D eigenvalue weighted by Gasteiger charge is -2.47. The molecule has 3 saturated carbocycles. The molecule has 1 aromatic heterocycles. The van der Waals surface area contributed by atoms with Gasteiger partial charge >= 0.3 is 6.09 Å². The van der Waals surface area contributed by atoms with Crippen LogP contribution < -0.4 is 5.32 Å². The van der Waals surface area contributed by atoms with Crippen LogP contribution in [-0.4, -0.2) is 45.1 Å². The summed E-state index contributed by atoms with van der Waals surface area (Å²) in [6.07, 6.45) is 8.78. The smallest absolute Gasteiger partial charge is 0.405 e. The molecule has 0 saturated heterocycles. The third-order valence-corrected chi connectivity index (χ3v) is 9.25. The van der Waals surface area contributed by atoms with Crippen molar-refractivity contribution in [3.8, 4) is 22.4 Å². The monoisotopic (exact) mass is 528 g/mol. The maximum absolute atomic E-state index is 13.0. The molecule has 3 aliphatic rings. The summed E-state index contributed by atoms with van der Waals surface area (Å²) in [6, 6.07) is 16.5. The van der Waals surface area contributed by atoms with Gasteiger partial charge < -0.3 is 20.3 Å². The fraction of sp³-hybridized carbons (Fsp3) is 0.469. The summed E-state index contributed by atoms with van der Waals surface area (Å²) in [5, 5.41) is 11.5. The van der Waals surface area contributed by atoms with Crippen molar-refractivity contribution < 1.29 is 14.7 Å². The minimum atomic E-state index is -1.21. The number of benzene rings is 2. The molecule has 3 fully saturated rings. The summed E-state index contributed by atoms with van der Waals surface area (Å²) in [7, 11) is 1.67. The van der Waals surface area contributed by atoms with Crippen LogP contribution in [-0.2, 0) is 10.2 Å². The van der Waals surface area contributed by atoms with Gasteiger partial charge in [0.2, 0.25) is 5.91 Å². The van der Waals surface area contributed by atoms with E-state index in [0.29, 0.717) is 11.2 Å². The molecule has 2 atom stereocenters. The van der Waals surface area contributed by atoms with Crippen LogP contribution in [0.25, 0.3) is 22.4 Å². The molecule has 3 aromatic rings. The zero-order valence-corrected chi connectivity index (χ0v) is 23.4. The van der Waals surface area contributed by atoms with Crippen molar-refractivity contribution in [1.29, 1.82) is 0 Å². The van der Waals surface area contributed by atoms with E-state index in [4.69, 9.17) is 5.11 Å². The molecule has 2 bridgehead atoms. The summed E-state index contributed by atoms with van der Waals surface area (Å²) in [5.74, 6) is 1.16. The zero-order chi connectivity index (χ0) is 27.7. The van der Waals surface area contributed by atoms with Crippen LogP contribution in [0.5, 0.6) is 0 Å². The third kappa shape index (κ3) is 5.45. The number of carbonyl (C=O) groups excluding carboxylic acids is 1. The number of nitrogens with zero attached hydrogens (tertiary/aromatic N) is 2. The number of carboxylic acid groups (broad SMARTS) is 1. The summed E-state index contributed by atoms with van der Waals surface area (Å²) in [4.78, 5) is 33.6. The molecule has 7 heteroatoms. The molecule has 6 rings (SSSR count). The van der Waals surface area contributed by atoms with Crippen LogP contribution in [0, 0.1) is 11.8 Å². The van der Waals surface area contributed by atoms with E-state index in [1.807, 2.05) is 20.8 Å². The minimum absolute atomic E-state index is 0.174. The molecule has 2 amide bonds. The number of hydrogen-bond donors (Lipinski definition) is 3. The number of imidazole rings is 1. The minimum Gasteiger partial charge on any atom is -0.465 e. The Kier molecular flexibility index (Phi) is 7.52. The van der Waals surface area contributed by atoms with Gasteiger partial charge in [-0.1, -0.05) is 62.4 Å². The molecule has 3 aliphatic carbocycles. The highest BCUT2D eigenvalue weighted by atomic mass is 16.4. The molecule has 2 aromatic carbocycles. The average Bonchev–Trinajstić information content (AvgIpc) is 3.46. The standard InChI is InChI=1S/C32H40N4O3/c1-20(2)28(35-31(38)39)30(37)36(4)21(3)29-33-19-27(34-29)25-7-5-23(6-8-25)24-9-11-26(12-10-24)32-16-13-22(14-17-32)15-18-32/h5-12,19-22,28,35H,13-18H2,1-4H3,(H,33,34)(H,38,39)/t21-,22?,28+,32?/m0/s1. The first-order chi connectivity index (χ1) is 18.7. The van der Waals surface area contributed by atoms with Crippen molar-refractivity contribution in [3.05, 3.63) is 66.1 Å². The van der Waals surface area contributed by atoms with Gasteiger partial charge in [0.25, 0.3) is 0 Å². The van der Waals surface area contributed by atoms with Gasteiger partial charge in [0.1, 0.15) is 11.9 Å². The highest BCUT2D eigenvalue weighted by Gasteiger charge is 2.41. The highest BCUT2D eigenvalue weighted by Crippen LogP contribution is 2.51. The fourth-order valence-corrected chi connectivity index (χ4v) is 6.48. The molecular weight excluding hydrogens is 488 g/mol. The largest absolute Gasteiger partial charge is 0.465 e. The van der Waals surface area contributed by atoms with Gasteiger partial charge in [-0.3, -0.25) is 4.79 Å². The first-order valence-electron chi connectivity index (χ1n) is 14.2. The molecule has 1 heterocycles. The number of carbonyl (C=O) groups is 2. The zero-order valence-electron chi connectivity index (χ0n) is 23.4. The van der Waals surface area contributed by atoms with Crippen molar-refractivity contribution >= 4 is 12.0 Å². The second-order valence-corrected chi connectivity index (χ2v) is 11.9. The Hall–Kier alpha value is -3.61. The van der Waals surface area contributed by atoms with E-state index in [9.17, 15) is 9.59 Å². The molecule has 0 radical (unpaired) electrons. The number of rotatable bonds is 8. The quantitative estimate of drug-likeness (QED) is 0.300. The van der Waals surface area contributed by atoms with Gasteiger partial charge in [-0.25, -0.2) is 9.78 Å². The number of hydrogen-bond acceptors (Lipinski definition) is 3. The maximum Gasteiger partial charge on any atom is 0.405 e. The van der Waals surface area contributed by atoms with Crippen molar-refractivity contribution in [2.24, 2.45) is 11.8 Å². The van der Waals surface area contributed by atoms with E-state index in [-0.39, 0.29) is 17.9 Å². The summed E-state index contributed by atoms with van der Waals surface area (Å²) < 4.78 is 0. The summed E-state index contributed by atoms with van der Waals surface area (Å²) in [6.45, 7) is 5.52. The van der Waals surface area contributed by atoms with Gasteiger partial charge in [0, 0.05) is 7.05 Å². The number of H-pyrrole nitrogens is 1. The number of amides is 2. The van der Waals surface area contributed by atoms with Gasteiger partial charge in [-0.15, -0.1) is 0 Å². The molecule has 0 spiro atoms. The second-order valence-electron chi connectivity index (χ2n) is 11.9. The lowest BCUT2D eigenvalue weighted by Crippen LogP contribution is -2.50. The Balaban J connectivity index is 1.26.